The average Bonchev–Trinajstić information content (AvgIpc) is 2.36. The van der Waals surface area contributed by atoms with Gasteiger partial charge < -0.3 is 16.8 Å². The maximum Gasteiger partial charge on any atom is 0.234 e. The Labute approximate surface area is 82.6 Å². The van der Waals surface area contributed by atoms with E-state index in [-0.39, 0.29) is 24.2 Å². The van der Waals surface area contributed by atoms with Gasteiger partial charge in [0.25, 0.3) is 0 Å². The van der Waals surface area contributed by atoms with Crippen molar-refractivity contribution in [1.82, 2.24) is 5.32 Å². The summed E-state index contributed by atoms with van der Waals surface area (Å²) >= 11 is 0. The molecule has 0 radical (unpaired) electrons. The molecule has 1 aliphatic rings. The monoisotopic (exact) mass is 207 g/mol. The van der Waals surface area contributed by atoms with Crippen LogP contribution in [0.5, 0.6) is 0 Å². The first-order valence-corrected chi connectivity index (χ1v) is 3.94. The molecule has 1 aliphatic heterocycles. The topological polar surface area (TPSA) is 98.2 Å². The zero-order chi connectivity index (χ0) is 9.14. The highest BCUT2D eigenvalue weighted by molar-refractivity contribution is 5.85. The number of carbonyl (C=O) groups is 2. The zero-order valence-corrected chi connectivity index (χ0v) is 7.97. The molecule has 0 aromatic rings. The Balaban J connectivity index is 0.00000144. The molecule has 1 fully saturated rings. The third-order valence-corrected chi connectivity index (χ3v) is 2.07. The van der Waals surface area contributed by atoms with Crippen LogP contribution < -0.4 is 16.8 Å². The fourth-order valence-corrected chi connectivity index (χ4v) is 1.29. The predicted octanol–water partition coefficient (Wildman–Crippen LogP) is -1.25. The van der Waals surface area contributed by atoms with Gasteiger partial charge in [-0.25, -0.2) is 0 Å². The normalized spacial score (nSPS) is 23.2. The standard InChI is InChI=1S/C7H13N3O2.ClH/c8-5(6(9)11)3-4-1-2-10-7(4)12;/h4-5H,1-3,8H2,(H2,9,11)(H,10,12);1H/t4?,5-;/m0./s1. The van der Waals surface area contributed by atoms with E-state index in [1.165, 1.54) is 0 Å². The lowest BCUT2D eigenvalue weighted by Gasteiger charge is -2.10. The second-order valence-electron chi connectivity index (χ2n) is 3.02. The van der Waals surface area contributed by atoms with Crippen molar-refractivity contribution in [3.05, 3.63) is 0 Å². The van der Waals surface area contributed by atoms with Crippen LogP contribution >= 0.6 is 12.4 Å². The number of halogens is 1. The van der Waals surface area contributed by atoms with Gasteiger partial charge in [-0.1, -0.05) is 0 Å². The van der Waals surface area contributed by atoms with E-state index in [9.17, 15) is 9.59 Å². The summed E-state index contributed by atoms with van der Waals surface area (Å²) in [4.78, 5) is 21.6. The van der Waals surface area contributed by atoms with Gasteiger partial charge in [-0.3, -0.25) is 9.59 Å². The highest BCUT2D eigenvalue weighted by Crippen LogP contribution is 2.14. The van der Waals surface area contributed by atoms with Crippen LogP contribution in [0.25, 0.3) is 0 Å². The minimum atomic E-state index is -0.696. The molecule has 76 valence electrons. The molecule has 0 saturated carbocycles. The summed E-state index contributed by atoms with van der Waals surface area (Å²) in [5.41, 5.74) is 10.4. The summed E-state index contributed by atoms with van der Waals surface area (Å²) < 4.78 is 0. The molecule has 2 atom stereocenters. The minimum absolute atomic E-state index is 0. The zero-order valence-electron chi connectivity index (χ0n) is 7.16. The molecule has 1 saturated heterocycles. The van der Waals surface area contributed by atoms with Crippen LogP contribution in [0.2, 0.25) is 0 Å². The quantitative estimate of drug-likeness (QED) is 0.539. The molecule has 0 spiro atoms. The number of primary amides is 1. The van der Waals surface area contributed by atoms with Crippen molar-refractivity contribution in [2.45, 2.75) is 18.9 Å². The van der Waals surface area contributed by atoms with Crippen LogP contribution in [0.1, 0.15) is 12.8 Å². The van der Waals surface area contributed by atoms with E-state index < -0.39 is 11.9 Å². The number of hydrogen-bond acceptors (Lipinski definition) is 3. The molecule has 1 rings (SSSR count). The van der Waals surface area contributed by atoms with Crippen LogP contribution in [0.3, 0.4) is 0 Å². The van der Waals surface area contributed by atoms with Gasteiger partial charge in [-0.05, 0) is 12.8 Å². The smallest absolute Gasteiger partial charge is 0.234 e. The van der Waals surface area contributed by atoms with Crippen LogP contribution in [0, 0.1) is 5.92 Å². The molecule has 0 bridgehead atoms. The van der Waals surface area contributed by atoms with Gasteiger partial charge in [-0.15, -0.1) is 12.4 Å². The molecule has 5 N–H and O–H groups in total. The summed E-state index contributed by atoms with van der Waals surface area (Å²) in [5, 5.41) is 2.67. The van der Waals surface area contributed by atoms with Crippen molar-refractivity contribution in [1.29, 1.82) is 0 Å². The van der Waals surface area contributed by atoms with Crippen molar-refractivity contribution in [2.75, 3.05) is 6.54 Å². The fraction of sp³-hybridized carbons (Fsp3) is 0.714. The van der Waals surface area contributed by atoms with E-state index in [4.69, 9.17) is 11.5 Å². The number of carbonyl (C=O) groups excluding carboxylic acids is 2. The lowest BCUT2D eigenvalue weighted by Crippen LogP contribution is -2.39. The van der Waals surface area contributed by atoms with Crippen LogP contribution in [-0.2, 0) is 9.59 Å². The second kappa shape index (κ2) is 5.04. The molecule has 0 aliphatic carbocycles. The van der Waals surface area contributed by atoms with Gasteiger partial charge in [-0.2, -0.15) is 0 Å². The van der Waals surface area contributed by atoms with Crippen molar-refractivity contribution >= 4 is 24.2 Å². The van der Waals surface area contributed by atoms with Crippen molar-refractivity contribution in [3.63, 3.8) is 0 Å². The third-order valence-electron chi connectivity index (χ3n) is 2.07. The van der Waals surface area contributed by atoms with Gasteiger partial charge >= 0.3 is 0 Å². The Morgan fingerprint density at radius 3 is 2.69 bits per heavy atom. The van der Waals surface area contributed by atoms with E-state index in [0.29, 0.717) is 13.0 Å². The Bertz CT molecular complexity index is 210. The average molecular weight is 208 g/mol. The summed E-state index contributed by atoms with van der Waals surface area (Å²) in [6, 6.07) is -0.696. The van der Waals surface area contributed by atoms with Gasteiger partial charge in [0, 0.05) is 12.5 Å². The van der Waals surface area contributed by atoms with Crippen LogP contribution in [0.15, 0.2) is 0 Å². The van der Waals surface area contributed by atoms with E-state index in [1.54, 1.807) is 0 Å². The molecule has 1 unspecified atom stereocenters. The van der Waals surface area contributed by atoms with Gasteiger partial charge in [0.05, 0.1) is 6.04 Å². The first-order chi connectivity index (χ1) is 5.61. The second-order valence-corrected chi connectivity index (χ2v) is 3.02. The molecular formula is C7H14ClN3O2. The minimum Gasteiger partial charge on any atom is -0.368 e. The molecule has 0 aromatic heterocycles. The molecule has 5 nitrogen and oxygen atoms in total. The van der Waals surface area contributed by atoms with Crippen LogP contribution in [-0.4, -0.2) is 24.4 Å². The highest BCUT2D eigenvalue weighted by atomic mass is 35.5. The highest BCUT2D eigenvalue weighted by Gasteiger charge is 2.27. The summed E-state index contributed by atoms with van der Waals surface area (Å²) in [7, 11) is 0. The number of nitrogens with two attached hydrogens (primary N) is 2. The van der Waals surface area contributed by atoms with Crippen molar-refractivity contribution in [3.8, 4) is 0 Å². The maximum atomic E-state index is 11.0. The van der Waals surface area contributed by atoms with Crippen molar-refractivity contribution in [2.24, 2.45) is 17.4 Å². The fourth-order valence-electron chi connectivity index (χ4n) is 1.29. The lowest BCUT2D eigenvalue weighted by molar-refractivity contribution is -0.123. The molecule has 13 heavy (non-hydrogen) atoms. The number of hydrogen-bond donors (Lipinski definition) is 3. The van der Waals surface area contributed by atoms with Gasteiger partial charge in [0.2, 0.25) is 11.8 Å². The molecule has 2 amide bonds. The Hall–Kier alpha value is -0.810. The van der Waals surface area contributed by atoms with Gasteiger partial charge in [0.15, 0.2) is 0 Å². The number of nitrogens with one attached hydrogen (secondary N) is 1. The van der Waals surface area contributed by atoms with Crippen LogP contribution in [0.4, 0.5) is 0 Å². The predicted molar refractivity (Wildman–Crippen MR) is 50.2 cm³/mol. The molecule has 0 aromatic carbocycles. The summed E-state index contributed by atoms with van der Waals surface area (Å²) in [6.45, 7) is 0.676. The van der Waals surface area contributed by atoms with E-state index in [1.807, 2.05) is 0 Å². The molecular weight excluding hydrogens is 194 g/mol. The first kappa shape index (κ1) is 12.2. The summed E-state index contributed by atoms with van der Waals surface area (Å²) in [6.07, 6.45) is 1.11. The number of amides is 2. The third kappa shape index (κ3) is 3.20. The van der Waals surface area contributed by atoms with Crippen molar-refractivity contribution < 1.29 is 9.59 Å². The maximum absolute atomic E-state index is 11.0. The first-order valence-electron chi connectivity index (χ1n) is 3.94. The lowest BCUT2D eigenvalue weighted by atomic mass is 9.99. The Kier molecular flexibility index (Phi) is 4.72. The Morgan fingerprint density at radius 2 is 2.31 bits per heavy atom. The SMILES string of the molecule is Cl.NC(=O)[C@@H](N)CC1CCNC1=O. The molecule has 1 heterocycles. The van der Waals surface area contributed by atoms with E-state index in [0.717, 1.165) is 6.42 Å². The van der Waals surface area contributed by atoms with E-state index >= 15 is 0 Å². The molecule has 6 heteroatoms. The Morgan fingerprint density at radius 1 is 1.69 bits per heavy atom. The van der Waals surface area contributed by atoms with E-state index in [2.05, 4.69) is 5.32 Å². The largest absolute Gasteiger partial charge is 0.368 e. The summed E-state index contributed by atoms with van der Waals surface area (Å²) in [5.74, 6) is -0.700. The number of rotatable bonds is 3. The van der Waals surface area contributed by atoms with Gasteiger partial charge in [0.1, 0.15) is 0 Å².